The standard InChI is InChI=1S/C23H29F2N5O2/c1-15(2)21(28-22(31)20-17(24)5-4-6-18(20)25)23(32)27-14-16-7-8-19(26-13-16)30-11-9-29(3)10-12-30/h4-8,13,15,21H,9-12,14H2,1-3H3,(H,27,32)(H,28,31). The third-order valence-electron chi connectivity index (χ3n) is 5.53. The highest BCUT2D eigenvalue weighted by atomic mass is 19.1. The Labute approximate surface area is 186 Å². The summed E-state index contributed by atoms with van der Waals surface area (Å²) in [5.74, 6) is -2.74. The van der Waals surface area contributed by atoms with Crippen molar-refractivity contribution in [2.45, 2.75) is 26.4 Å². The topological polar surface area (TPSA) is 77.6 Å². The quantitative estimate of drug-likeness (QED) is 0.683. The number of likely N-dealkylation sites (N-methyl/N-ethyl adjacent to an activating group) is 1. The summed E-state index contributed by atoms with van der Waals surface area (Å²) in [6, 6.07) is 6.06. The molecule has 3 rings (SSSR count). The van der Waals surface area contributed by atoms with Gasteiger partial charge in [0.1, 0.15) is 29.1 Å². The van der Waals surface area contributed by atoms with Crippen LogP contribution < -0.4 is 15.5 Å². The first-order valence-electron chi connectivity index (χ1n) is 10.7. The Morgan fingerprint density at radius 3 is 2.28 bits per heavy atom. The predicted octanol–water partition coefficient (Wildman–Crippen LogP) is 2.18. The molecule has 1 atom stereocenters. The molecule has 0 bridgehead atoms. The number of nitrogens with one attached hydrogen (secondary N) is 2. The molecular formula is C23H29F2N5O2. The van der Waals surface area contributed by atoms with Crippen molar-refractivity contribution >= 4 is 17.6 Å². The average Bonchev–Trinajstić information content (AvgIpc) is 2.76. The second-order valence-corrected chi connectivity index (χ2v) is 8.32. The van der Waals surface area contributed by atoms with Gasteiger partial charge in [0.05, 0.1) is 0 Å². The van der Waals surface area contributed by atoms with E-state index in [1.165, 1.54) is 6.07 Å². The zero-order valence-corrected chi connectivity index (χ0v) is 18.6. The van der Waals surface area contributed by atoms with E-state index in [-0.39, 0.29) is 12.5 Å². The summed E-state index contributed by atoms with van der Waals surface area (Å²) < 4.78 is 27.8. The SMILES string of the molecule is CC(C)C(NC(=O)c1c(F)cccc1F)C(=O)NCc1ccc(N2CCN(C)CC2)nc1. The molecule has 1 aliphatic heterocycles. The third kappa shape index (κ3) is 5.79. The molecule has 1 unspecified atom stereocenters. The van der Waals surface area contributed by atoms with Crippen LogP contribution in [0.15, 0.2) is 36.5 Å². The normalized spacial score (nSPS) is 15.5. The lowest BCUT2D eigenvalue weighted by Crippen LogP contribution is -2.49. The van der Waals surface area contributed by atoms with Crippen LogP contribution in [0.2, 0.25) is 0 Å². The summed E-state index contributed by atoms with van der Waals surface area (Å²) in [6.07, 6.45) is 1.71. The van der Waals surface area contributed by atoms with Crippen LogP contribution in [0.25, 0.3) is 0 Å². The van der Waals surface area contributed by atoms with Crippen molar-refractivity contribution in [1.82, 2.24) is 20.5 Å². The smallest absolute Gasteiger partial charge is 0.257 e. The lowest BCUT2D eigenvalue weighted by molar-refractivity contribution is -0.124. The van der Waals surface area contributed by atoms with E-state index in [9.17, 15) is 18.4 Å². The van der Waals surface area contributed by atoms with Crippen molar-refractivity contribution in [3.63, 3.8) is 0 Å². The molecule has 1 aromatic heterocycles. The highest BCUT2D eigenvalue weighted by Crippen LogP contribution is 2.15. The molecule has 7 nitrogen and oxygen atoms in total. The Balaban J connectivity index is 1.58. The third-order valence-corrected chi connectivity index (χ3v) is 5.53. The number of benzene rings is 1. The van der Waals surface area contributed by atoms with Gasteiger partial charge in [-0.05, 0) is 36.7 Å². The fourth-order valence-electron chi connectivity index (χ4n) is 3.51. The predicted molar refractivity (Wildman–Crippen MR) is 118 cm³/mol. The molecule has 1 fully saturated rings. The molecule has 2 N–H and O–H groups in total. The molecule has 1 aliphatic rings. The molecule has 0 saturated carbocycles. The summed E-state index contributed by atoms with van der Waals surface area (Å²) in [5, 5.41) is 5.22. The van der Waals surface area contributed by atoms with Crippen molar-refractivity contribution < 1.29 is 18.4 Å². The van der Waals surface area contributed by atoms with E-state index in [4.69, 9.17) is 0 Å². The molecule has 0 radical (unpaired) electrons. The second-order valence-electron chi connectivity index (χ2n) is 8.32. The Hall–Kier alpha value is -3.07. The van der Waals surface area contributed by atoms with Gasteiger partial charge in [0.2, 0.25) is 5.91 Å². The first-order valence-corrected chi connectivity index (χ1v) is 10.7. The van der Waals surface area contributed by atoms with E-state index >= 15 is 0 Å². The van der Waals surface area contributed by atoms with E-state index < -0.39 is 35.1 Å². The van der Waals surface area contributed by atoms with Crippen molar-refractivity contribution in [2.75, 3.05) is 38.1 Å². The Morgan fingerprint density at radius 2 is 1.72 bits per heavy atom. The second kappa shape index (κ2) is 10.5. The number of hydrogen-bond acceptors (Lipinski definition) is 5. The average molecular weight is 446 g/mol. The minimum absolute atomic E-state index is 0.224. The number of pyridine rings is 1. The van der Waals surface area contributed by atoms with Gasteiger partial charge >= 0.3 is 0 Å². The summed E-state index contributed by atoms with van der Waals surface area (Å²) in [7, 11) is 2.09. The van der Waals surface area contributed by atoms with Crippen molar-refractivity contribution in [2.24, 2.45) is 5.92 Å². The van der Waals surface area contributed by atoms with Gasteiger partial charge in [-0.3, -0.25) is 9.59 Å². The zero-order valence-electron chi connectivity index (χ0n) is 18.6. The van der Waals surface area contributed by atoms with Crippen LogP contribution in [-0.2, 0) is 11.3 Å². The van der Waals surface area contributed by atoms with Crippen LogP contribution in [0.4, 0.5) is 14.6 Å². The maximum absolute atomic E-state index is 13.9. The van der Waals surface area contributed by atoms with Gasteiger partial charge in [-0.25, -0.2) is 13.8 Å². The van der Waals surface area contributed by atoms with Crippen LogP contribution in [-0.4, -0.2) is 61.0 Å². The molecular weight excluding hydrogens is 416 g/mol. The van der Waals surface area contributed by atoms with Gasteiger partial charge in [-0.2, -0.15) is 0 Å². The Kier molecular flexibility index (Phi) is 7.74. The summed E-state index contributed by atoms with van der Waals surface area (Å²) in [6.45, 7) is 7.51. The van der Waals surface area contributed by atoms with E-state index in [1.807, 2.05) is 12.1 Å². The van der Waals surface area contributed by atoms with Gasteiger partial charge in [-0.1, -0.05) is 26.0 Å². The van der Waals surface area contributed by atoms with E-state index in [0.717, 1.165) is 49.7 Å². The molecule has 32 heavy (non-hydrogen) atoms. The maximum Gasteiger partial charge on any atom is 0.257 e. The highest BCUT2D eigenvalue weighted by molar-refractivity contribution is 5.98. The Bertz CT molecular complexity index is 924. The summed E-state index contributed by atoms with van der Waals surface area (Å²) in [5.41, 5.74) is 0.111. The van der Waals surface area contributed by atoms with Crippen molar-refractivity contribution in [3.05, 3.63) is 59.3 Å². The molecule has 1 aromatic carbocycles. The molecule has 172 valence electrons. The minimum atomic E-state index is -0.975. The number of carbonyl (C=O) groups is 2. The molecule has 1 saturated heterocycles. The number of nitrogens with zero attached hydrogens (tertiary/aromatic N) is 3. The number of amides is 2. The highest BCUT2D eigenvalue weighted by Gasteiger charge is 2.27. The fourth-order valence-corrected chi connectivity index (χ4v) is 3.51. The minimum Gasteiger partial charge on any atom is -0.354 e. The van der Waals surface area contributed by atoms with Gasteiger partial charge in [-0.15, -0.1) is 0 Å². The van der Waals surface area contributed by atoms with Crippen LogP contribution in [0, 0.1) is 17.6 Å². The van der Waals surface area contributed by atoms with Gasteiger partial charge in [0.15, 0.2) is 0 Å². The van der Waals surface area contributed by atoms with Gasteiger partial charge in [0, 0.05) is 38.9 Å². The van der Waals surface area contributed by atoms with Gasteiger partial charge < -0.3 is 20.4 Å². The first-order chi connectivity index (χ1) is 15.3. The number of carbonyl (C=O) groups excluding carboxylic acids is 2. The van der Waals surface area contributed by atoms with E-state index in [0.29, 0.717) is 0 Å². The molecule has 0 spiro atoms. The number of aromatic nitrogens is 1. The van der Waals surface area contributed by atoms with Crippen molar-refractivity contribution in [3.8, 4) is 0 Å². The molecule has 9 heteroatoms. The zero-order chi connectivity index (χ0) is 23.3. The largest absolute Gasteiger partial charge is 0.354 e. The summed E-state index contributed by atoms with van der Waals surface area (Å²) in [4.78, 5) is 34.1. The molecule has 0 aliphatic carbocycles. The maximum atomic E-state index is 13.9. The van der Waals surface area contributed by atoms with Crippen LogP contribution >= 0.6 is 0 Å². The van der Waals surface area contributed by atoms with Crippen molar-refractivity contribution in [1.29, 1.82) is 0 Å². The number of anilines is 1. The van der Waals surface area contributed by atoms with Crippen LogP contribution in [0.3, 0.4) is 0 Å². The lowest BCUT2D eigenvalue weighted by atomic mass is 10.0. The Morgan fingerprint density at radius 1 is 1.06 bits per heavy atom. The monoisotopic (exact) mass is 445 g/mol. The van der Waals surface area contributed by atoms with E-state index in [2.05, 4.69) is 32.5 Å². The lowest BCUT2D eigenvalue weighted by Gasteiger charge is -2.33. The molecule has 2 heterocycles. The van der Waals surface area contributed by atoms with E-state index in [1.54, 1.807) is 20.0 Å². The number of halogens is 2. The fraction of sp³-hybridized carbons (Fsp3) is 0.435. The molecule has 2 amide bonds. The number of piperazine rings is 1. The van der Waals surface area contributed by atoms with Crippen LogP contribution in [0.5, 0.6) is 0 Å². The van der Waals surface area contributed by atoms with Crippen LogP contribution in [0.1, 0.15) is 29.8 Å². The number of hydrogen-bond donors (Lipinski definition) is 2. The number of rotatable bonds is 7. The first kappa shape index (κ1) is 23.6. The van der Waals surface area contributed by atoms with Gasteiger partial charge in [0.25, 0.3) is 5.91 Å². The molecule has 2 aromatic rings. The summed E-state index contributed by atoms with van der Waals surface area (Å²) >= 11 is 0.